The highest BCUT2D eigenvalue weighted by Gasteiger charge is 2.30. The maximum Gasteiger partial charge on any atom is 0.0945 e. The molecule has 0 N–H and O–H groups in total. The lowest BCUT2D eigenvalue weighted by Crippen LogP contribution is -2.47. The molecule has 1 aliphatic rings. The van der Waals surface area contributed by atoms with Gasteiger partial charge in [0, 0.05) is 78.0 Å². The van der Waals surface area contributed by atoms with Gasteiger partial charge in [0.2, 0.25) is 0 Å². The summed E-state index contributed by atoms with van der Waals surface area (Å²) in [6.45, 7) is 4.86. The first-order valence-electron chi connectivity index (χ1n) is 8.95. The number of piperazine rings is 1. The number of hydrogen-bond acceptors (Lipinski definition) is 5. The van der Waals surface area contributed by atoms with Crippen molar-refractivity contribution in [3.05, 3.63) is 54.4 Å². The van der Waals surface area contributed by atoms with Gasteiger partial charge in [-0.1, -0.05) is 0 Å². The molecule has 0 amide bonds. The molecule has 0 aromatic carbocycles. The van der Waals surface area contributed by atoms with E-state index in [2.05, 4.69) is 54.3 Å². The molecule has 26 heavy (non-hydrogen) atoms. The lowest BCUT2D eigenvalue weighted by atomic mass is 10.1. The van der Waals surface area contributed by atoms with Crippen molar-refractivity contribution in [1.29, 1.82) is 0 Å². The number of hydrogen-bond donors (Lipinski definition) is 0. The van der Waals surface area contributed by atoms with Crippen LogP contribution in [0.5, 0.6) is 0 Å². The van der Waals surface area contributed by atoms with E-state index in [9.17, 15) is 0 Å². The quantitative estimate of drug-likeness (QED) is 0.683. The second-order valence-electron chi connectivity index (χ2n) is 7.16. The molecule has 0 aliphatic carbocycles. The van der Waals surface area contributed by atoms with Gasteiger partial charge < -0.3 is 9.13 Å². The Morgan fingerprint density at radius 3 is 2.19 bits per heavy atom. The molecule has 1 unspecified atom stereocenters. The summed E-state index contributed by atoms with van der Waals surface area (Å²) in [4.78, 5) is 13.6. The average Bonchev–Trinajstić information content (AvgIpc) is 3.33. The van der Waals surface area contributed by atoms with Gasteiger partial charge in [-0.15, -0.1) is 0 Å². The van der Waals surface area contributed by atoms with E-state index in [1.807, 2.05) is 43.0 Å². The standard InChI is InChI=1S/C18H26N8/c1-22-13-19-7-16(22)10-25-4-5-26(11-17-8-20-14-23(17)2)18(12-25)15-6-21-24(3)9-15/h6-9,13-14,18H,4-5,10-12H2,1-3H3. The molecule has 8 nitrogen and oxygen atoms in total. The van der Waals surface area contributed by atoms with E-state index in [1.54, 1.807) is 0 Å². The summed E-state index contributed by atoms with van der Waals surface area (Å²) in [5.74, 6) is 0. The summed E-state index contributed by atoms with van der Waals surface area (Å²) >= 11 is 0. The Hall–Kier alpha value is -2.45. The van der Waals surface area contributed by atoms with Gasteiger partial charge in [-0.3, -0.25) is 14.5 Å². The van der Waals surface area contributed by atoms with E-state index in [1.165, 1.54) is 17.0 Å². The number of aromatic nitrogens is 6. The van der Waals surface area contributed by atoms with Crippen LogP contribution in [-0.2, 0) is 34.2 Å². The van der Waals surface area contributed by atoms with Crippen molar-refractivity contribution in [2.45, 2.75) is 19.1 Å². The minimum absolute atomic E-state index is 0.320. The molecule has 1 aliphatic heterocycles. The van der Waals surface area contributed by atoms with Crippen molar-refractivity contribution in [2.24, 2.45) is 21.1 Å². The Kier molecular flexibility index (Phi) is 4.60. The summed E-state index contributed by atoms with van der Waals surface area (Å²) in [7, 11) is 6.09. The highest BCUT2D eigenvalue weighted by Crippen LogP contribution is 2.27. The van der Waals surface area contributed by atoms with Crippen molar-refractivity contribution in [3.8, 4) is 0 Å². The molecule has 0 saturated carbocycles. The van der Waals surface area contributed by atoms with Crippen molar-refractivity contribution in [2.75, 3.05) is 19.6 Å². The van der Waals surface area contributed by atoms with Gasteiger partial charge in [0.1, 0.15) is 0 Å². The van der Waals surface area contributed by atoms with Crippen LogP contribution in [0.2, 0.25) is 0 Å². The van der Waals surface area contributed by atoms with E-state index in [-0.39, 0.29) is 0 Å². The summed E-state index contributed by atoms with van der Waals surface area (Å²) in [5.41, 5.74) is 3.75. The van der Waals surface area contributed by atoms with Crippen LogP contribution < -0.4 is 0 Å². The minimum atomic E-state index is 0.320. The molecular weight excluding hydrogens is 328 g/mol. The van der Waals surface area contributed by atoms with E-state index >= 15 is 0 Å². The average molecular weight is 354 g/mol. The van der Waals surface area contributed by atoms with E-state index in [0.29, 0.717) is 6.04 Å². The molecule has 4 heterocycles. The fourth-order valence-corrected chi connectivity index (χ4v) is 3.65. The third-order valence-electron chi connectivity index (χ3n) is 5.27. The van der Waals surface area contributed by atoms with Gasteiger partial charge in [0.15, 0.2) is 0 Å². The lowest BCUT2D eigenvalue weighted by Gasteiger charge is -2.41. The van der Waals surface area contributed by atoms with Crippen LogP contribution in [0.1, 0.15) is 23.0 Å². The van der Waals surface area contributed by atoms with Gasteiger partial charge in [0.25, 0.3) is 0 Å². The smallest absolute Gasteiger partial charge is 0.0945 e. The van der Waals surface area contributed by atoms with Gasteiger partial charge >= 0.3 is 0 Å². The SMILES string of the molecule is Cn1cc(C2CN(Cc3cncn3C)CCN2Cc2cncn2C)cn1. The number of aryl methyl sites for hydroxylation is 3. The summed E-state index contributed by atoms with van der Waals surface area (Å²) < 4.78 is 6.08. The molecule has 1 atom stereocenters. The summed E-state index contributed by atoms with van der Waals surface area (Å²) in [6.07, 6.45) is 11.8. The molecule has 1 saturated heterocycles. The zero-order chi connectivity index (χ0) is 18.1. The molecule has 3 aromatic rings. The van der Waals surface area contributed by atoms with Crippen molar-refractivity contribution < 1.29 is 0 Å². The highest BCUT2D eigenvalue weighted by atomic mass is 15.3. The topological polar surface area (TPSA) is 59.9 Å². The van der Waals surface area contributed by atoms with Crippen LogP contribution in [0.3, 0.4) is 0 Å². The zero-order valence-corrected chi connectivity index (χ0v) is 15.7. The van der Waals surface area contributed by atoms with Crippen LogP contribution in [0.15, 0.2) is 37.4 Å². The Balaban J connectivity index is 1.53. The molecule has 8 heteroatoms. The number of imidazole rings is 2. The predicted molar refractivity (Wildman–Crippen MR) is 98.1 cm³/mol. The van der Waals surface area contributed by atoms with E-state index < -0.39 is 0 Å². The zero-order valence-electron chi connectivity index (χ0n) is 15.7. The molecule has 0 spiro atoms. The molecule has 1 fully saturated rings. The van der Waals surface area contributed by atoms with Crippen molar-refractivity contribution in [1.82, 2.24) is 38.7 Å². The normalized spacial score (nSPS) is 19.3. The third-order valence-corrected chi connectivity index (χ3v) is 5.27. The van der Waals surface area contributed by atoms with Crippen molar-refractivity contribution in [3.63, 3.8) is 0 Å². The second-order valence-corrected chi connectivity index (χ2v) is 7.16. The number of nitrogens with zero attached hydrogens (tertiary/aromatic N) is 8. The summed E-state index contributed by atoms with van der Waals surface area (Å²) in [5, 5.41) is 4.40. The van der Waals surface area contributed by atoms with E-state index in [4.69, 9.17) is 0 Å². The van der Waals surface area contributed by atoms with Crippen LogP contribution in [-0.4, -0.2) is 58.3 Å². The largest absolute Gasteiger partial charge is 0.337 e. The Morgan fingerprint density at radius 1 is 0.923 bits per heavy atom. The number of rotatable bonds is 5. The lowest BCUT2D eigenvalue weighted by molar-refractivity contribution is 0.0609. The highest BCUT2D eigenvalue weighted by molar-refractivity contribution is 5.14. The molecule has 4 rings (SSSR count). The first-order valence-corrected chi connectivity index (χ1v) is 8.95. The van der Waals surface area contributed by atoms with Crippen LogP contribution in [0, 0.1) is 0 Å². The second kappa shape index (κ2) is 7.05. The molecular formula is C18H26N8. The molecule has 0 bridgehead atoms. The fraction of sp³-hybridized carbons (Fsp3) is 0.500. The Morgan fingerprint density at radius 2 is 1.62 bits per heavy atom. The van der Waals surface area contributed by atoms with Gasteiger partial charge in [0.05, 0.1) is 36.3 Å². The van der Waals surface area contributed by atoms with Crippen molar-refractivity contribution >= 4 is 0 Å². The third kappa shape index (κ3) is 3.42. The van der Waals surface area contributed by atoms with Crippen LogP contribution in [0.25, 0.3) is 0 Å². The first-order chi connectivity index (χ1) is 12.6. The Bertz CT molecular complexity index is 860. The van der Waals surface area contributed by atoms with Crippen LogP contribution in [0.4, 0.5) is 0 Å². The first kappa shape index (κ1) is 17.0. The molecule has 3 aromatic heterocycles. The molecule has 0 radical (unpaired) electrons. The van der Waals surface area contributed by atoms with Gasteiger partial charge in [-0.25, -0.2) is 9.97 Å². The maximum atomic E-state index is 4.40. The summed E-state index contributed by atoms with van der Waals surface area (Å²) in [6, 6.07) is 0.320. The fourth-order valence-electron chi connectivity index (χ4n) is 3.65. The van der Waals surface area contributed by atoms with Gasteiger partial charge in [-0.05, 0) is 0 Å². The monoisotopic (exact) mass is 354 g/mol. The van der Waals surface area contributed by atoms with Gasteiger partial charge in [-0.2, -0.15) is 5.10 Å². The van der Waals surface area contributed by atoms with E-state index in [0.717, 1.165) is 32.7 Å². The minimum Gasteiger partial charge on any atom is -0.337 e. The Labute approximate surface area is 153 Å². The van der Waals surface area contributed by atoms with Crippen LogP contribution >= 0.6 is 0 Å². The maximum absolute atomic E-state index is 4.40. The molecule has 138 valence electrons. The predicted octanol–water partition coefficient (Wildman–Crippen LogP) is 0.946.